The molecular formula is C13H24N2O2. The van der Waals surface area contributed by atoms with Gasteiger partial charge in [-0.3, -0.25) is 0 Å². The Kier molecular flexibility index (Phi) is 3.34. The highest BCUT2D eigenvalue weighted by atomic mass is 16.6. The zero-order chi connectivity index (χ0) is 12.6. The average Bonchev–Trinajstić information content (AvgIpc) is 2.60. The van der Waals surface area contributed by atoms with Crippen molar-refractivity contribution < 1.29 is 9.53 Å². The van der Waals surface area contributed by atoms with Crippen LogP contribution in [0.1, 0.15) is 33.6 Å². The van der Waals surface area contributed by atoms with E-state index in [-0.39, 0.29) is 6.09 Å². The minimum Gasteiger partial charge on any atom is -0.444 e. The van der Waals surface area contributed by atoms with Crippen LogP contribution in [0.5, 0.6) is 0 Å². The molecule has 0 spiro atoms. The van der Waals surface area contributed by atoms with Crippen LogP contribution in [0.3, 0.4) is 0 Å². The Morgan fingerprint density at radius 3 is 2.59 bits per heavy atom. The maximum absolute atomic E-state index is 12.0. The number of piperidine rings is 1. The number of hydrogen-bond acceptors (Lipinski definition) is 3. The molecule has 0 N–H and O–H groups in total. The highest BCUT2D eigenvalue weighted by Crippen LogP contribution is 2.30. The Morgan fingerprint density at radius 2 is 2.00 bits per heavy atom. The summed E-state index contributed by atoms with van der Waals surface area (Å²) >= 11 is 0. The van der Waals surface area contributed by atoms with Gasteiger partial charge in [-0.1, -0.05) is 0 Å². The topological polar surface area (TPSA) is 32.8 Å². The number of ether oxygens (including phenoxy) is 1. The van der Waals surface area contributed by atoms with Crippen molar-refractivity contribution in [2.24, 2.45) is 5.92 Å². The van der Waals surface area contributed by atoms with Crippen LogP contribution >= 0.6 is 0 Å². The summed E-state index contributed by atoms with van der Waals surface area (Å²) in [4.78, 5) is 16.3. The molecule has 2 rings (SSSR count). The monoisotopic (exact) mass is 240 g/mol. The minimum atomic E-state index is -0.392. The average molecular weight is 240 g/mol. The van der Waals surface area contributed by atoms with Crippen LogP contribution in [0, 0.1) is 5.92 Å². The standard InChI is InChI=1S/C13H24N2O2/c1-13(2,3)17-12(16)15-8-10-6-5-7-14(4)11(10)9-15/h10-11H,5-9H2,1-4H3. The quantitative estimate of drug-likeness (QED) is 0.649. The van der Waals surface area contributed by atoms with E-state index in [1.807, 2.05) is 25.7 Å². The number of carbonyl (C=O) groups is 1. The third-order valence-electron chi connectivity index (χ3n) is 3.71. The van der Waals surface area contributed by atoms with Gasteiger partial charge < -0.3 is 14.5 Å². The summed E-state index contributed by atoms with van der Waals surface area (Å²) in [5, 5.41) is 0. The van der Waals surface area contributed by atoms with E-state index in [0.29, 0.717) is 12.0 Å². The maximum atomic E-state index is 12.0. The largest absolute Gasteiger partial charge is 0.444 e. The lowest BCUT2D eigenvalue weighted by molar-refractivity contribution is 0.0282. The predicted molar refractivity (Wildman–Crippen MR) is 66.9 cm³/mol. The lowest BCUT2D eigenvalue weighted by Crippen LogP contribution is -2.42. The van der Waals surface area contributed by atoms with Gasteiger partial charge in [-0.25, -0.2) is 4.79 Å². The van der Waals surface area contributed by atoms with Gasteiger partial charge in [0.15, 0.2) is 0 Å². The van der Waals surface area contributed by atoms with Crippen molar-refractivity contribution in [3.8, 4) is 0 Å². The number of rotatable bonds is 0. The van der Waals surface area contributed by atoms with E-state index in [2.05, 4.69) is 11.9 Å². The van der Waals surface area contributed by atoms with Gasteiger partial charge in [0, 0.05) is 19.1 Å². The van der Waals surface area contributed by atoms with Gasteiger partial charge in [0.05, 0.1) is 0 Å². The number of hydrogen-bond donors (Lipinski definition) is 0. The van der Waals surface area contributed by atoms with Crippen LogP contribution in [-0.2, 0) is 4.74 Å². The Morgan fingerprint density at radius 1 is 1.29 bits per heavy atom. The molecule has 4 nitrogen and oxygen atoms in total. The van der Waals surface area contributed by atoms with Crippen molar-refractivity contribution in [3.63, 3.8) is 0 Å². The Balaban J connectivity index is 1.95. The number of carbonyl (C=O) groups excluding carboxylic acids is 1. The zero-order valence-corrected chi connectivity index (χ0v) is 11.4. The molecule has 0 radical (unpaired) electrons. The van der Waals surface area contributed by atoms with Gasteiger partial charge in [-0.15, -0.1) is 0 Å². The van der Waals surface area contributed by atoms with Crippen LogP contribution in [-0.4, -0.2) is 54.2 Å². The van der Waals surface area contributed by atoms with Gasteiger partial charge >= 0.3 is 6.09 Å². The zero-order valence-electron chi connectivity index (χ0n) is 11.4. The molecular weight excluding hydrogens is 216 g/mol. The summed E-state index contributed by atoms with van der Waals surface area (Å²) in [6.45, 7) is 8.60. The first-order valence-corrected chi connectivity index (χ1v) is 6.55. The molecule has 2 heterocycles. The van der Waals surface area contributed by atoms with Crippen molar-refractivity contribution in [2.75, 3.05) is 26.7 Å². The van der Waals surface area contributed by atoms with Crippen LogP contribution in [0.15, 0.2) is 0 Å². The smallest absolute Gasteiger partial charge is 0.410 e. The van der Waals surface area contributed by atoms with E-state index in [1.165, 1.54) is 12.8 Å². The molecule has 0 saturated carbocycles. The summed E-state index contributed by atoms with van der Waals surface area (Å²) in [6, 6.07) is 0.538. The van der Waals surface area contributed by atoms with Crippen LogP contribution in [0.4, 0.5) is 4.79 Å². The summed E-state index contributed by atoms with van der Waals surface area (Å²) < 4.78 is 5.43. The van der Waals surface area contributed by atoms with Crippen molar-refractivity contribution >= 4 is 6.09 Å². The molecule has 0 aromatic rings. The molecule has 2 atom stereocenters. The maximum Gasteiger partial charge on any atom is 0.410 e. The number of fused-ring (bicyclic) bond motifs is 1. The second-order valence-electron chi connectivity index (χ2n) is 6.34. The number of likely N-dealkylation sites (tertiary alicyclic amines) is 2. The predicted octanol–water partition coefficient (Wildman–Crippen LogP) is 1.95. The molecule has 0 aromatic carbocycles. The Hall–Kier alpha value is -0.770. The SMILES string of the molecule is CN1CCCC2CN(C(=O)OC(C)(C)C)CC21. The first-order chi connectivity index (χ1) is 7.87. The van der Waals surface area contributed by atoms with Crippen LogP contribution in [0.2, 0.25) is 0 Å². The fraction of sp³-hybridized carbons (Fsp3) is 0.923. The Labute approximate surface area is 104 Å². The molecule has 2 unspecified atom stereocenters. The van der Waals surface area contributed by atoms with Crippen LogP contribution in [0.25, 0.3) is 0 Å². The second kappa shape index (κ2) is 4.48. The lowest BCUT2D eigenvalue weighted by atomic mass is 9.93. The molecule has 98 valence electrons. The van der Waals surface area contributed by atoms with Gasteiger partial charge in [0.2, 0.25) is 0 Å². The van der Waals surface area contributed by atoms with E-state index in [1.54, 1.807) is 0 Å². The molecule has 0 aromatic heterocycles. The molecule has 0 bridgehead atoms. The third-order valence-corrected chi connectivity index (χ3v) is 3.71. The van der Waals surface area contributed by atoms with Crippen molar-refractivity contribution in [1.29, 1.82) is 0 Å². The fourth-order valence-corrected chi connectivity index (χ4v) is 2.88. The summed E-state index contributed by atoms with van der Waals surface area (Å²) in [6.07, 6.45) is 2.34. The number of likely N-dealkylation sites (N-methyl/N-ethyl adjacent to an activating group) is 1. The minimum absolute atomic E-state index is 0.152. The fourth-order valence-electron chi connectivity index (χ4n) is 2.88. The highest BCUT2D eigenvalue weighted by Gasteiger charge is 2.40. The third kappa shape index (κ3) is 2.92. The molecule has 2 aliphatic rings. The number of nitrogens with zero attached hydrogens (tertiary/aromatic N) is 2. The summed E-state index contributed by atoms with van der Waals surface area (Å²) in [5.74, 6) is 0.640. The van der Waals surface area contributed by atoms with Gasteiger partial charge in [0.25, 0.3) is 0 Å². The summed E-state index contributed by atoms with van der Waals surface area (Å²) in [7, 11) is 2.16. The normalized spacial score (nSPS) is 30.2. The summed E-state index contributed by atoms with van der Waals surface area (Å²) in [5.41, 5.74) is -0.392. The van der Waals surface area contributed by atoms with Gasteiger partial charge in [-0.2, -0.15) is 0 Å². The van der Waals surface area contributed by atoms with E-state index in [4.69, 9.17) is 4.74 Å². The lowest BCUT2D eigenvalue weighted by Gasteiger charge is -2.33. The van der Waals surface area contributed by atoms with Gasteiger partial charge in [0.1, 0.15) is 5.60 Å². The molecule has 2 saturated heterocycles. The Bertz CT molecular complexity index is 298. The number of amides is 1. The van der Waals surface area contributed by atoms with E-state index >= 15 is 0 Å². The molecule has 1 amide bonds. The van der Waals surface area contributed by atoms with Crippen molar-refractivity contribution in [1.82, 2.24) is 9.80 Å². The van der Waals surface area contributed by atoms with E-state index in [9.17, 15) is 4.79 Å². The first kappa shape index (κ1) is 12.7. The first-order valence-electron chi connectivity index (χ1n) is 6.55. The van der Waals surface area contributed by atoms with Crippen molar-refractivity contribution in [2.45, 2.75) is 45.3 Å². The molecule has 17 heavy (non-hydrogen) atoms. The van der Waals surface area contributed by atoms with Gasteiger partial charge in [-0.05, 0) is 53.1 Å². The molecule has 2 aliphatic heterocycles. The molecule has 4 heteroatoms. The highest BCUT2D eigenvalue weighted by molar-refractivity contribution is 5.68. The van der Waals surface area contributed by atoms with Crippen LogP contribution < -0.4 is 0 Å². The van der Waals surface area contributed by atoms with E-state index in [0.717, 1.165) is 19.6 Å². The second-order valence-corrected chi connectivity index (χ2v) is 6.34. The van der Waals surface area contributed by atoms with Crippen molar-refractivity contribution in [3.05, 3.63) is 0 Å². The van der Waals surface area contributed by atoms with E-state index < -0.39 is 5.60 Å². The molecule has 0 aliphatic carbocycles. The molecule has 2 fully saturated rings.